The number of carbonyl (C=O) groups is 2. The first-order chi connectivity index (χ1) is 13.2. The summed E-state index contributed by atoms with van der Waals surface area (Å²) in [5.74, 6) is -2.11. The zero-order valence-corrected chi connectivity index (χ0v) is 15.7. The van der Waals surface area contributed by atoms with Crippen LogP contribution >= 0.6 is 0 Å². The van der Waals surface area contributed by atoms with Crippen LogP contribution in [0.25, 0.3) is 11.1 Å². The van der Waals surface area contributed by atoms with Crippen LogP contribution in [0.15, 0.2) is 48.5 Å². The fourth-order valence-corrected chi connectivity index (χ4v) is 4.21. The van der Waals surface area contributed by atoms with Gasteiger partial charge in [-0.2, -0.15) is 0 Å². The molecule has 1 aliphatic rings. The summed E-state index contributed by atoms with van der Waals surface area (Å²) >= 11 is 0. The van der Waals surface area contributed by atoms with E-state index in [0.29, 0.717) is 0 Å². The van der Waals surface area contributed by atoms with E-state index in [1.807, 2.05) is 48.5 Å². The third-order valence-electron chi connectivity index (χ3n) is 4.52. The van der Waals surface area contributed by atoms with Gasteiger partial charge >= 0.3 is 12.1 Å². The van der Waals surface area contributed by atoms with Crippen molar-refractivity contribution in [2.45, 2.75) is 18.4 Å². The second-order valence-electron chi connectivity index (χ2n) is 6.59. The van der Waals surface area contributed by atoms with Crippen LogP contribution in [-0.2, 0) is 19.6 Å². The number of amides is 1. The Balaban J connectivity index is 1.69. The molecular formula is C19H20N2O6S. The molecule has 28 heavy (non-hydrogen) atoms. The molecule has 1 aliphatic carbocycles. The number of aliphatic carboxylic acids is 1. The smallest absolute Gasteiger partial charge is 0.407 e. The van der Waals surface area contributed by atoms with E-state index in [1.54, 1.807) is 0 Å². The van der Waals surface area contributed by atoms with Gasteiger partial charge in [0.2, 0.25) is 10.0 Å². The first kappa shape index (κ1) is 19.8. The summed E-state index contributed by atoms with van der Waals surface area (Å²) in [4.78, 5) is 23.0. The molecule has 0 bridgehead atoms. The maximum absolute atomic E-state index is 12.1. The van der Waals surface area contributed by atoms with Crippen molar-refractivity contribution in [3.63, 3.8) is 0 Å². The monoisotopic (exact) mass is 404 g/mol. The molecule has 0 aromatic heterocycles. The molecule has 9 heteroatoms. The average Bonchev–Trinajstić information content (AvgIpc) is 2.92. The van der Waals surface area contributed by atoms with Gasteiger partial charge in [-0.25, -0.2) is 18.4 Å². The van der Waals surface area contributed by atoms with E-state index in [-0.39, 0.29) is 12.5 Å². The van der Waals surface area contributed by atoms with Gasteiger partial charge in [0.1, 0.15) is 6.61 Å². The van der Waals surface area contributed by atoms with Gasteiger partial charge in [0.25, 0.3) is 0 Å². The zero-order chi connectivity index (χ0) is 20.3. The third-order valence-corrected chi connectivity index (χ3v) is 5.39. The van der Waals surface area contributed by atoms with Crippen molar-refractivity contribution in [1.29, 1.82) is 0 Å². The Morgan fingerprint density at radius 3 is 2.11 bits per heavy atom. The number of carboxylic acids is 1. The lowest BCUT2D eigenvalue weighted by molar-refractivity contribution is -0.137. The number of nitrogens with two attached hydrogens (primary N) is 1. The summed E-state index contributed by atoms with van der Waals surface area (Å²) in [6.07, 6.45) is -1.47. The molecule has 1 atom stereocenters. The van der Waals surface area contributed by atoms with Gasteiger partial charge in [0.05, 0.1) is 18.2 Å². The first-order valence-corrected chi connectivity index (χ1v) is 10.3. The predicted molar refractivity (Wildman–Crippen MR) is 102 cm³/mol. The Morgan fingerprint density at radius 2 is 1.61 bits per heavy atom. The van der Waals surface area contributed by atoms with Crippen LogP contribution in [0.1, 0.15) is 23.5 Å². The summed E-state index contributed by atoms with van der Waals surface area (Å²) in [6.45, 7) is 0.0367. The van der Waals surface area contributed by atoms with E-state index >= 15 is 0 Å². The highest BCUT2D eigenvalue weighted by Gasteiger charge is 2.29. The third kappa shape index (κ3) is 4.68. The van der Waals surface area contributed by atoms with Crippen LogP contribution in [0.4, 0.5) is 4.79 Å². The highest BCUT2D eigenvalue weighted by Crippen LogP contribution is 2.44. The summed E-state index contributed by atoms with van der Waals surface area (Å²) in [5, 5.41) is 16.1. The number of benzene rings is 2. The topological polar surface area (TPSA) is 136 Å². The van der Waals surface area contributed by atoms with Gasteiger partial charge in [-0.15, -0.1) is 0 Å². The van der Waals surface area contributed by atoms with E-state index in [0.717, 1.165) is 22.3 Å². The highest BCUT2D eigenvalue weighted by molar-refractivity contribution is 7.89. The maximum Gasteiger partial charge on any atom is 0.407 e. The van der Waals surface area contributed by atoms with Crippen molar-refractivity contribution >= 4 is 22.1 Å². The Bertz CT molecular complexity index is 959. The van der Waals surface area contributed by atoms with Gasteiger partial charge in [-0.05, 0) is 22.3 Å². The molecule has 0 radical (unpaired) electrons. The van der Waals surface area contributed by atoms with Crippen molar-refractivity contribution < 1.29 is 27.9 Å². The van der Waals surface area contributed by atoms with Crippen molar-refractivity contribution in [1.82, 2.24) is 5.32 Å². The first-order valence-electron chi connectivity index (χ1n) is 8.58. The summed E-state index contributed by atoms with van der Waals surface area (Å²) in [6, 6.07) is 14.5. The van der Waals surface area contributed by atoms with E-state index in [1.165, 1.54) is 0 Å². The molecule has 2 aromatic carbocycles. The molecule has 0 spiro atoms. The van der Waals surface area contributed by atoms with Crippen molar-refractivity contribution in [3.05, 3.63) is 59.7 Å². The normalized spacial score (nSPS) is 14.0. The number of alkyl carbamates (subject to hydrolysis) is 1. The number of hydrogen-bond donors (Lipinski definition) is 3. The maximum atomic E-state index is 12.1. The standard InChI is InChI=1S/C19H20N2O6S/c20-28(25,26)11-12(9-18(22)23)21-19(24)27-10-17-15-7-3-1-5-13(15)14-6-2-4-8-16(14)17/h1-8,12,17H,9-11H2,(H,21,24)(H,22,23)(H2,20,25,26). The number of carbonyl (C=O) groups excluding carboxylic acids is 1. The van der Waals surface area contributed by atoms with Gasteiger partial charge in [0.15, 0.2) is 0 Å². The van der Waals surface area contributed by atoms with Crippen LogP contribution < -0.4 is 10.5 Å². The molecule has 1 unspecified atom stereocenters. The minimum absolute atomic E-state index is 0.0367. The lowest BCUT2D eigenvalue weighted by atomic mass is 9.98. The Hall–Kier alpha value is -2.91. The van der Waals surface area contributed by atoms with E-state index in [4.69, 9.17) is 15.0 Å². The number of hydrogen-bond acceptors (Lipinski definition) is 5. The quantitative estimate of drug-likeness (QED) is 0.642. The van der Waals surface area contributed by atoms with Crippen LogP contribution in [0.2, 0.25) is 0 Å². The number of sulfonamides is 1. The molecule has 3 rings (SSSR count). The molecular weight excluding hydrogens is 384 g/mol. The number of primary sulfonamides is 1. The molecule has 0 heterocycles. The molecule has 4 N–H and O–H groups in total. The fraction of sp³-hybridized carbons (Fsp3) is 0.263. The number of carboxylic acid groups (broad SMARTS) is 1. The molecule has 2 aromatic rings. The van der Waals surface area contributed by atoms with Crippen molar-refractivity contribution in [2.24, 2.45) is 5.14 Å². The molecule has 0 saturated heterocycles. The van der Waals surface area contributed by atoms with Crippen molar-refractivity contribution in [2.75, 3.05) is 12.4 Å². The minimum atomic E-state index is -3.96. The van der Waals surface area contributed by atoms with Gasteiger partial charge < -0.3 is 15.2 Å². The Kier molecular flexibility index (Phi) is 5.66. The lowest BCUT2D eigenvalue weighted by Crippen LogP contribution is -2.43. The van der Waals surface area contributed by atoms with Crippen molar-refractivity contribution in [3.8, 4) is 11.1 Å². The SMILES string of the molecule is NS(=O)(=O)CC(CC(=O)O)NC(=O)OCC1c2ccccc2-c2ccccc21. The highest BCUT2D eigenvalue weighted by atomic mass is 32.2. The molecule has 0 saturated carbocycles. The zero-order valence-electron chi connectivity index (χ0n) is 14.9. The van der Waals surface area contributed by atoms with Gasteiger partial charge in [-0.3, -0.25) is 4.79 Å². The van der Waals surface area contributed by atoms with E-state index < -0.39 is 40.3 Å². The fourth-order valence-electron chi connectivity index (χ4n) is 3.45. The van der Waals surface area contributed by atoms with Crippen LogP contribution in [0.5, 0.6) is 0 Å². The second-order valence-corrected chi connectivity index (χ2v) is 8.25. The number of fused-ring (bicyclic) bond motifs is 3. The summed E-state index contributed by atoms with van der Waals surface area (Å²) < 4.78 is 27.8. The molecule has 0 aliphatic heterocycles. The van der Waals surface area contributed by atoms with Gasteiger partial charge in [0, 0.05) is 5.92 Å². The Labute approximate surface area is 162 Å². The average molecular weight is 404 g/mol. The Morgan fingerprint density at radius 1 is 1.07 bits per heavy atom. The summed E-state index contributed by atoms with van der Waals surface area (Å²) in [5.41, 5.74) is 4.21. The summed E-state index contributed by atoms with van der Waals surface area (Å²) in [7, 11) is -3.96. The van der Waals surface area contributed by atoms with E-state index in [2.05, 4.69) is 5.32 Å². The number of ether oxygens (including phenoxy) is 1. The number of rotatable bonds is 7. The second kappa shape index (κ2) is 7.99. The molecule has 148 valence electrons. The van der Waals surface area contributed by atoms with E-state index in [9.17, 15) is 18.0 Å². The molecule has 0 fully saturated rings. The van der Waals surface area contributed by atoms with Crippen LogP contribution in [0.3, 0.4) is 0 Å². The minimum Gasteiger partial charge on any atom is -0.481 e. The van der Waals surface area contributed by atoms with Crippen LogP contribution in [0, 0.1) is 0 Å². The van der Waals surface area contributed by atoms with Gasteiger partial charge in [-0.1, -0.05) is 48.5 Å². The number of nitrogens with one attached hydrogen (secondary N) is 1. The lowest BCUT2D eigenvalue weighted by Gasteiger charge is -2.18. The predicted octanol–water partition coefficient (Wildman–Crippen LogP) is 1.66. The van der Waals surface area contributed by atoms with Crippen LogP contribution in [-0.4, -0.2) is 44.0 Å². The molecule has 8 nitrogen and oxygen atoms in total. The molecule has 1 amide bonds. The largest absolute Gasteiger partial charge is 0.481 e.